The van der Waals surface area contributed by atoms with Crippen molar-refractivity contribution in [3.63, 3.8) is 0 Å². The molecule has 0 N–H and O–H groups in total. The molecule has 364 valence electrons. The molecule has 0 fully saturated rings. The lowest BCUT2D eigenvalue weighted by Gasteiger charge is -2.19. The summed E-state index contributed by atoms with van der Waals surface area (Å²) >= 11 is 0. The van der Waals surface area contributed by atoms with E-state index in [9.17, 15) is 0 Å². The third-order valence-electron chi connectivity index (χ3n) is 15.7. The van der Waals surface area contributed by atoms with Crippen molar-refractivity contribution in [1.82, 2.24) is 0 Å². The highest BCUT2D eigenvalue weighted by atomic mass is 14.2. The number of hydrogen-bond donors (Lipinski definition) is 0. The predicted molar refractivity (Wildman–Crippen MR) is 336 cm³/mol. The van der Waals surface area contributed by atoms with E-state index in [1.54, 1.807) is 0 Å². The summed E-state index contributed by atoms with van der Waals surface area (Å²) in [5, 5.41) is 15.3. The number of hydrogen-bond acceptors (Lipinski definition) is 0. The summed E-state index contributed by atoms with van der Waals surface area (Å²) in [4.78, 5) is 0. The molecule has 0 bridgehead atoms. The quantitative estimate of drug-likeness (QED) is 0.140. The molecule has 0 heterocycles. The summed E-state index contributed by atoms with van der Waals surface area (Å²) < 4.78 is 0. The van der Waals surface area contributed by atoms with Gasteiger partial charge in [0.2, 0.25) is 0 Å². The molecule has 0 aliphatic rings. The van der Waals surface area contributed by atoms with Gasteiger partial charge in [-0.25, -0.2) is 0 Å². The molecule has 0 amide bonds. The van der Waals surface area contributed by atoms with Crippen molar-refractivity contribution in [2.75, 3.05) is 0 Å². The number of rotatable bonds is 7. The Balaban J connectivity index is 0.000000142. The molecule has 0 spiro atoms. The Labute approximate surface area is 455 Å². The summed E-state index contributed by atoms with van der Waals surface area (Å²) in [5.41, 5.74) is 17.6. The first-order valence-electron chi connectivity index (χ1n) is 27.0. The van der Waals surface area contributed by atoms with Gasteiger partial charge in [0.1, 0.15) is 0 Å². The fourth-order valence-corrected chi connectivity index (χ4v) is 12.1. The molecule has 15 aromatic rings. The minimum absolute atomic E-state index is 1.23. The van der Waals surface area contributed by atoms with Gasteiger partial charge in [-0.2, -0.15) is 0 Å². The molecule has 0 heteroatoms. The molecule has 0 saturated carbocycles. The molecule has 0 aromatic heterocycles. The lowest BCUT2D eigenvalue weighted by atomic mass is 9.83. The standard InChI is InChI=1S/C40H26.C38H26/c1-2-12-31-26-32(25-20-27(31)10-1)40-37-17-7-5-15-35(37)39(36-16-6-8-18-38(36)40)30-23-21-29(22-24-30)34-19-9-13-28-11-3-4-14-33(28)34;1-3-13-27(14-4-1)28-23-25-30(26-24-28)37-33-19-9-11-21-35(33)38(36-22-12-10-20-34(36)37)32-18-8-7-17-31(32)29-15-5-2-6-16-29/h1-26H;1-26H. The van der Waals surface area contributed by atoms with E-state index in [0.29, 0.717) is 0 Å². The Kier molecular flexibility index (Phi) is 12.0. The summed E-state index contributed by atoms with van der Waals surface area (Å²) in [5.74, 6) is 0. The molecular weight excluding hydrogens is 937 g/mol. The average molecular weight is 989 g/mol. The second-order valence-electron chi connectivity index (χ2n) is 20.2. The molecule has 0 radical (unpaired) electrons. The zero-order valence-electron chi connectivity index (χ0n) is 43.0. The van der Waals surface area contributed by atoms with Crippen LogP contribution in [0.2, 0.25) is 0 Å². The normalized spacial score (nSPS) is 11.3. The highest BCUT2D eigenvalue weighted by Crippen LogP contribution is 2.47. The Morgan fingerprint density at radius 3 is 0.962 bits per heavy atom. The van der Waals surface area contributed by atoms with Crippen LogP contribution in [-0.2, 0) is 0 Å². The van der Waals surface area contributed by atoms with Gasteiger partial charge in [0.05, 0.1) is 0 Å². The number of fused-ring (bicyclic) bond motifs is 6. The number of benzene rings is 15. The Morgan fingerprint density at radius 2 is 0.436 bits per heavy atom. The van der Waals surface area contributed by atoms with Crippen molar-refractivity contribution in [2.45, 2.75) is 0 Å². The third-order valence-corrected chi connectivity index (χ3v) is 15.7. The van der Waals surface area contributed by atoms with Crippen LogP contribution in [-0.4, -0.2) is 0 Å². The van der Waals surface area contributed by atoms with Crippen LogP contribution in [0.3, 0.4) is 0 Å². The minimum Gasteiger partial charge on any atom is -0.0622 e. The van der Waals surface area contributed by atoms with Gasteiger partial charge >= 0.3 is 0 Å². The van der Waals surface area contributed by atoms with Crippen molar-refractivity contribution in [3.8, 4) is 77.9 Å². The maximum absolute atomic E-state index is 2.34. The summed E-state index contributed by atoms with van der Waals surface area (Å²) in [6.07, 6.45) is 0. The lowest BCUT2D eigenvalue weighted by molar-refractivity contribution is 1.60. The molecule has 0 aliphatic carbocycles. The lowest BCUT2D eigenvalue weighted by Crippen LogP contribution is -1.92. The van der Waals surface area contributed by atoms with E-state index < -0.39 is 0 Å². The van der Waals surface area contributed by atoms with Crippen LogP contribution < -0.4 is 0 Å². The van der Waals surface area contributed by atoms with E-state index in [0.717, 1.165) is 0 Å². The van der Waals surface area contributed by atoms with E-state index >= 15 is 0 Å². The van der Waals surface area contributed by atoms with E-state index in [2.05, 4.69) is 315 Å². The molecule has 0 unspecified atom stereocenters. The van der Waals surface area contributed by atoms with Gasteiger partial charge < -0.3 is 0 Å². The van der Waals surface area contributed by atoms with Gasteiger partial charge in [-0.1, -0.05) is 309 Å². The van der Waals surface area contributed by atoms with E-state index in [1.807, 2.05) is 0 Å². The van der Waals surface area contributed by atoms with Crippen LogP contribution in [0.4, 0.5) is 0 Å². The minimum atomic E-state index is 1.23. The first-order chi connectivity index (χ1) is 38.7. The Morgan fingerprint density at radius 1 is 0.128 bits per heavy atom. The van der Waals surface area contributed by atoms with Crippen LogP contribution in [0.5, 0.6) is 0 Å². The third kappa shape index (κ3) is 8.38. The van der Waals surface area contributed by atoms with Crippen molar-refractivity contribution in [3.05, 3.63) is 315 Å². The fourth-order valence-electron chi connectivity index (χ4n) is 12.1. The van der Waals surface area contributed by atoms with E-state index in [4.69, 9.17) is 0 Å². The zero-order chi connectivity index (χ0) is 51.8. The van der Waals surface area contributed by atoms with Gasteiger partial charge in [0.25, 0.3) is 0 Å². The molecular formula is C78H52. The van der Waals surface area contributed by atoms with Gasteiger partial charge in [0, 0.05) is 0 Å². The maximum atomic E-state index is 2.34. The van der Waals surface area contributed by atoms with Crippen LogP contribution in [0.1, 0.15) is 0 Å². The van der Waals surface area contributed by atoms with Crippen LogP contribution in [0.25, 0.3) is 143 Å². The first-order valence-corrected chi connectivity index (χ1v) is 27.0. The largest absolute Gasteiger partial charge is 0.0622 e. The van der Waals surface area contributed by atoms with Crippen molar-refractivity contribution >= 4 is 64.6 Å². The highest BCUT2D eigenvalue weighted by Gasteiger charge is 2.20. The fraction of sp³-hybridized carbons (Fsp3) is 0. The maximum Gasteiger partial charge on any atom is -0.00201 e. The van der Waals surface area contributed by atoms with Crippen molar-refractivity contribution in [1.29, 1.82) is 0 Å². The second kappa shape index (κ2) is 20.2. The summed E-state index contributed by atoms with van der Waals surface area (Å²) in [6.45, 7) is 0. The second-order valence-corrected chi connectivity index (χ2v) is 20.2. The van der Waals surface area contributed by atoms with E-state index in [1.165, 1.54) is 143 Å². The monoisotopic (exact) mass is 988 g/mol. The Bertz CT molecular complexity index is 4560. The van der Waals surface area contributed by atoms with Crippen LogP contribution in [0, 0.1) is 0 Å². The van der Waals surface area contributed by atoms with Crippen LogP contribution >= 0.6 is 0 Å². The average Bonchev–Trinajstić information content (AvgIpc) is 3.72. The summed E-state index contributed by atoms with van der Waals surface area (Å²) in [6, 6.07) is 114. The van der Waals surface area contributed by atoms with Gasteiger partial charge in [-0.3, -0.25) is 0 Å². The topological polar surface area (TPSA) is 0 Å². The molecule has 0 atom stereocenters. The van der Waals surface area contributed by atoms with Crippen molar-refractivity contribution < 1.29 is 0 Å². The molecule has 15 aromatic carbocycles. The molecule has 0 saturated heterocycles. The molecule has 0 nitrogen and oxygen atoms in total. The van der Waals surface area contributed by atoms with Gasteiger partial charge in [0.15, 0.2) is 0 Å². The first kappa shape index (κ1) is 46.4. The molecule has 78 heavy (non-hydrogen) atoms. The van der Waals surface area contributed by atoms with Gasteiger partial charge in [-0.15, -0.1) is 0 Å². The SMILES string of the molecule is c1ccc(-c2ccc(-c3c4ccccc4c(-c4ccccc4-c4ccccc4)c4ccccc34)cc2)cc1.c1ccc2cc(-c3c4ccccc4c(-c4ccc(-c5cccc6ccccc56)cc4)c4ccccc34)ccc2c1. The van der Waals surface area contributed by atoms with Crippen molar-refractivity contribution in [2.24, 2.45) is 0 Å². The molecule has 0 aliphatic heterocycles. The smallest absolute Gasteiger partial charge is 0.00201 e. The molecule has 15 rings (SSSR count). The predicted octanol–water partition coefficient (Wildman–Crippen LogP) is 22.0. The highest BCUT2D eigenvalue weighted by molar-refractivity contribution is 6.23. The van der Waals surface area contributed by atoms with Crippen LogP contribution in [0.15, 0.2) is 315 Å². The zero-order valence-corrected chi connectivity index (χ0v) is 43.0. The van der Waals surface area contributed by atoms with Gasteiger partial charge in [-0.05, 0) is 149 Å². The summed E-state index contributed by atoms with van der Waals surface area (Å²) in [7, 11) is 0. The Hall–Kier alpha value is -10.1. The van der Waals surface area contributed by atoms with E-state index in [-0.39, 0.29) is 0 Å².